The van der Waals surface area contributed by atoms with Crippen LogP contribution >= 0.6 is 0 Å². The van der Waals surface area contributed by atoms with Crippen LogP contribution in [0, 0.1) is 5.92 Å². The van der Waals surface area contributed by atoms with Gasteiger partial charge in [0.05, 0.1) is 6.61 Å². The normalized spacial score (nSPS) is 15.1. The van der Waals surface area contributed by atoms with Crippen LogP contribution in [0.4, 0.5) is 0 Å². The highest BCUT2D eigenvalue weighted by molar-refractivity contribution is 5.79. The lowest BCUT2D eigenvalue weighted by Crippen LogP contribution is -2.48. The molecule has 2 rings (SSSR count). The first kappa shape index (κ1) is 19.1. The summed E-state index contributed by atoms with van der Waals surface area (Å²) >= 11 is 0. The molecule has 1 aromatic carbocycles. The summed E-state index contributed by atoms with van der Waals surface area (Å²) in [5.74, 6) is 1.25. The van der Waals surface area contributed by atoms with Crippen LogP contribution < -0.4 is 14.8 Å². The van der Waals surface area contributed by atoms with Crippen molar-refractivity contribution in [3.8, 4) is 11.5 Å². The molecule has 1 aliphatic rings. The van der Waals surface area contributed by atoms with Gasteiger partial charge >= 0.3 is 0 Å². The molecule has 2 amide bonds. The van der Waals surface area contributed by atoms with Crippen LogP contribution in [0.2, 0.25) is 0 Å². The standard InChI is InChI=1S/C19H28N2O4/c1-4-24-16-7-5-6-8-17(16)25-13-18(22)20-15-9-11-21(12-10-15)19(23)14(2)3/h5-8,14-15H,4,9-13H2,1-3H3,(H,20,22). The summed E-state index contributed by atoms with van der Waals surface area (Å²) in [6.07, 6.45) is 1.56. The Morgan fingerprint density at radius 3 is 2.32 bits per heavy atom. The van der Waals surface area contributed by atoms with E-state index in [2.05, 4.69) is 5.32 Å². The van der Waals surface area contributed by atoms with E-state index in [9.17, 15) is 9.59 Å². The molecule has 0 bridgehead atoms. The van der Waals surface area contributed by atoms with Gasteiger partial charge in [-0.2, -0.15) is 0 Å². The lowest BCUT2D eigenvalue weighted by Gasteiger charge is -2.33. The van der Waals surface area contributed by atoms with Crippen molar-refractivity contribution in [3.63, 3.8) is 0 Å². The van der Waals surface area contributed by atoms with Crippen LogP contribution in [-0.4, -0.2) is 49.1 Å². The van der Waals surface area contributed by atoms with E-state index >= 15 is 0 Å². The van der Waals surface area contributed by atoms with Crippen molar-refractivity contribution >= 4 is 11.8 Å². The van der Waals surface area contributed by atoms with Gasteiger partial charge in [0, 0.05) is 25.0 Å². The summed E-state index contributed by atoms with van der Waals surface area (Å²) < 4.78 is 11.1. The molecule has 1 aromatic rings. The maximum atomic E-state index is 12.1. The molecule has 0 atom stereocenters. The summed E-state index contributed by atoms with van der Waals surface area (Å²) in [6, 6.07) is 7.41. The summed E-state index contributed by atoms with van der Waals surface area (Å²) in [7, 11) is 0. The summed E-state index contributed by atoms with van der Waals surface area (Å²) in [5, 5.41) is 2.99. The Balaban J connectivity index is 1.76. The quantitative estimate of drug-likeness (QED) is 0.820. The lowest BCUT2D eigenvalue weighted by atomic mass is 10.0. The maximum Gasteiger partial charge on any atom is 0.258 e. The Hall–Kier alpha value is -2.24. The molecule has 1 heterocycles. The summed E-state index contributed by atoms with van der Waals surface area (Å²) in [6.45, 7) is 7.60. The zero-order valence-corrected chi connectivity index (χ0v) is 15.3. The molecule has 0 saturated carbocycles. The molecule has 6 heteroatoms. The predicted octanol–water partition coefficient (Wildman–Crippen LogP) is 2.23. The Kier molecular flexibility index (Phi) is 7.10. The van der Waals surface area contributed by atoms with Crippen molar-refractivity contribution in [2.75, 3.05) is 26.3 Å². The molecular weight excluding hydrogens is 320 g/mol. The van der Waals surface area contributed by atoms with Crippen LogP contribution in [0.5, 0.6) is 11.5 Å². The number of piperidine rings is 1. The van der Waals surface area contributed by atoms with Gasteiger partial charge in [-0.3, -0.25) is 9.59 Å². The van der Waals surface area contributed by atoms with E-state index < -0.39 is 0 Å². The molecular formula is C19H28N2O4. The van der Waals surface area contributed by atoms with E-state index in [0.29, 0.717) is 31.2 Å². The van der Waals surface area contributed by atoms with Gasteiger partial charge in [-0.15, -0.1) is 0 Å². The Morgan fingerprint density at radius 1 is 1.16 bits per heavy atom. The van der Waals surface area contributed by atoms with Crippen molar-refractivity contribution in [3.05, 3.63) is 24.3 Å². The van der Waals surface area contributed by atoms with Gasteiger partial charge in [-0.05, 0) is 31.9 Å². The highest BCUT2D eigenvalue weighted by Gasteiger charge is 2.25. The fourth-order valence-corrected chi connectivity index (χ4v) is 2.87. The fraction of sp³-hybridized carbons (Fsp3) is 0.579. The van der Waals surface area contributed by atoms with Gasteiger partial charge in [0.15, 0.2) is 18.1 Å². The Bertz CT molecular complexity index is 581. The molecule has 6 nitrogen and oxygen atoms in total. The van der Waals surface area contributed by atoms with Crippen LogP contribution in [-0.2, 0) is 9.59 Å². The number of benzene rings is 1. The van der Waals surface area contributed by atoms with Gasteiger partial charge in [0.1, 0.15) is 0 Å². The number of ether oxygens (including phenoxy) is 2. The average molecular weight is 348 g/mol. The molecule has 0 aliphatic carbocycles. The highest BCUT2D eigenvalue weighted by Crippen LogP contribution is 2.26. The van der Waals surface area contributed by atoms with E-state index in [1.807, 2.05) is 43.9 Å². The number of nitrogens with one attached hydrogen (secondary N) is 1. The highest BCUT2D eigenvalue weighted by atomic mass is 16.5. The third-order valence-electron chi connectivity index (χ3n) is 4.17. The van der Waals surface area contributed by atoms with Gasteiger partial charge in [0.25, 0.3) is 5.91 Å². The zero-order chi connectivity index (χ0) is 18.2. The van der Waals surface area contributed by atoms with E-state index in [0.717, 1.165) is 12.8 Å². The number of rotatable bonds is 7. The summed E-state index contributed by atoms with van der Waals surface area (Å²) in [4.78, 5) is 26.0. The van der Waals surface area contributed by atoms with E-state index in [-0.39, 0.29) is 30.4 Å². The van der Waals surface area contributed by atoms with E-state index in [4.69, 9.17) is 9.47 Å². The first-order valence-corrected chi connectivity index (χ1v) is 8.94. The molecule has 0 unspecified atom stereocenters. The third-order valence-corrected chi connectivity index (χ3v) is 4.17. The fourth-order valence-electron chi connectivity index (χ4n) is 2.87. The number of para-hydroxylation sites is 2. The predicted molar refractivity (Wildman–Crippen MR) is 95.7 cm³/mol. The molecule has 0 spiro atoms. The third kappa shape index (κ3) is 5.66. The summed E-state index contributed by atoms with van der Waals surface area (Å²) in [5.41, 5.74) is 0. The number of nitrogens with zero attached hydrogens (tertiary/aromatic N) is 1. The number of amides is 2. The van der Waals surface area contributed by atoms with Gasteiger partial charge in [0.2, 0.25) is 5.91 Å². The van der Waals surface area contributed by atoms with Crippen LogP contribution in [0.3, 0.4) is 0 Å². The minimum Gasteiger partial charge on any atom is -0.490 e. The minimum atomic E-state index is -0.153. The second-order valence-electron chi connectivity index (χ2n) is 6.49. The van der Waals surface area contributed by atoms with Gasteiger partial charge in [-0.1, -0.05) is 26.0 Å². The first-order chi connectivity index (χ1) is 12.0. The van der Waals surface area contributed by atoms with Crippen molar-refractivity contribution in [1.82, 2.24) is 10.2 Å². The number of hydrogen-bond acceptors (Lipinski definition) is 4. The lowest BCUT2D eigenvalue weighted by molar-refractivity contribution is -0.135. The largest absolute Gasteiger partial charge is 0.490 e. The Labute approximate surface area is 149 Å². The Morgan fingerprint density at radius 2 is 1.76 bits per heavy atom. The number of hydrogen-bond donors (Lipinski definition) is 1. The molecule has 1 saturated heterocycles. The van der Waals surface area contributed by atoms with Crippen molar-refractivity contribution in [2.24, 2.45) is 5.92 Å². The second kappa shape index (κ2) is 9.30. The van der Waals surface area contributed by atoms with Crippen LogP contribution in [0.15, 0.2) is 24.3 Å². The number of likely N-dealkylation sites (tertiary alicyclic amines) is 1. The molecule has 0 aromatic heterocycles. The van der Waals surface area contributed by atoms with Crippen molar-refractivity contribution in [1.29, 1.82) is 0 Å². The smallest absolute Gasteiger partial charge is 0.258 e. The SMILES string of the molecule is CCOc1ccccc1OCC(=O)NC1CCN(C(=O)C(C)C)CC1. The topological polar surface area (TPSA) is 67.9 Å². The molecule has 0 radical (unpaired) electrons. The number of carbonyl (C=O) groups is 2. The number of carbonyl (C=O) groups excluding carboxylic acids is 2. The molecule has 1 N–H and O–H groups in total. The molecule has 1 fully saturated rings. The zero-order valence-electron chi connectivity index (χ0n) is 15.3. The monoisotopic (exact) mass is 348 g/mol. The van der Waals surface area contributed by atoms with Crippen LogP contribution in [0.25, 0.3) is 0 Å². The van der Waals surface area contributed by atoms with Gasteiger partial charge < -0.3 is 19.7 Å². The van der Waals surface area contributed by atoms with Crippen molar-refractivity contribution < 1.29 is 19.1 Å². The van der Waals surface area contributed by atoms with E-state index in [1.165, 1.54) is 0 Å². The second-order valence-corrected chi connectivity index (χ2v) is 6.49. The van der Waals surface area contributed by atoms with Gasteiger partial charge in [-0.25, -0.2) is 0 Å². The average Bonchev–Trinajstić information content (AvgIpc) is 2.61. The molecule has 25 heavy (non-hydrogen) atoms. The minimum absolute atomic E-state index is 0.0185. The van der Waals surface area contributed by atoms with E-state index in [1.54, 1.807) is 6.07 Å². The maximum absolute atomic E-state index is 12.1. The van der Waals surface area contributed by atoms with Crippen LogP contribution in [0.1, 0.15) is 33.6 Å². The molecule has 138 valence electrons. The first-order valence-electron chi connectivity index (χ1n) is 8.94. The molecule has 1 aliphatic heterocycles. The van der Waals surface area contributed by atoms with Crippen molar-refractivity contribution in [2.45, 2.75) is 39.7 Å².